The van der Waals surface area contributed by atoms with Gasteiger partial charge in [-0.25, -0.2) is 0 Å². The molecule has 1 saturated heterocycles. The van der Waals surface area contributed by atoms with E-state index in [9.17, 15) is 0 Å². The Bertz CT molecular complexity index is 86.2. The van der Waals surface area contributed by atoms with Crippen LogP contribution in [0.1, 0.15) is 33.6 Å². The topological polar surface area (TPSA) is 18.5 Å². The van der Waals surface area contributed by atoms with E-state index >= 15 is 0 Å². The predicted octanol–water partition coefficient (Wildman–Crippen LogP) is 1.68. The third kappa shape index (κ3) is 5.14. The van der Waals surface area contributed by atoms with E-state index in [2.05, 4.69) is 6.92 Å². The summed E-state index contributed by atoms with van der Waals surface area (Å²) in [6.07, 6.45) is 3.27. The van der Waals surface area contributed by atoms with Gasteiger partial charge in [0.05, 0.1) is 0 Å². The second-order valence-electron chi connectivity index (χ2n) is 2.48. The van der Waals surface area contributed by atoms with E-state index in [1.165, 1.54) is 12.8 Å². The molecule has 2 atom stereocenters. The molecule has 0 aromatic carbocycles. The first-order chi connectivity index (χ1) is 5.33. The summed E-state index contributed by atoms with van der Waals surface area (Å²) in [6, 6.07) is 0. The molecule has 1 rings (SSSR count). The van der Waals surface area contributed by atoms with E-state index in [0.29, 0.717) is 38.4 Å². The van der Waals surface area contributed by atoms with Crippen molar-refractivity contribution in [1.82, 2.24) is 0 Å². The fraction of sp³-hybridized carbons (Fsp3) is 1.00. The van der Waals surface area contributed by atoms with Gasteiger partial charge in [0, 0.05) is 0 Å². The van der Waals surface area contributed by atoms with Crippen LogP contribution in [0, 0.1) is 0 Å². The van der Waals surface area contributed by atoms with Crippen LogP contribution >= 0.6 is 0 Å². The predicted molar refractivity (Wildman–Crippen MR) is 46.6 cm³/mol. The van der Waals surface area contributed by atoms with Crippen LogP contribution in [-0.2, 0) is 7.42 Å². The molecule has 0 aromatic rings. The Labute approximate surface area is 86.0 Å². The molecule has 2 nitrogen and oxygen atoms in total. The van der Waals surface area contributed by atoms with Crippen LogP contribution in [0.2, 0.25) is 0 Å². The fourth-order valence-corrected chi connectivity index (χ4v) is 1.95. The SMILES string of the molecule is CC.CC1CC[C@H](C[O][Tl])O1. The summed E-state index contributed by atoms with van der Waals surface area (Å²) in [4.78, 5) is 0. The van der Waals surface area contributed by atoms with Crippen LogP contribution in [0.5, 0.6) is 0 Å². The molecule has 3 heteroatoms. The zero-order valence-corrected chi connectivity index (χ0v) is 12.2. The monoisotopic (exact) mass is 350 g/mol. The zero-order valence-electron chi connectivity index (χ0n) is 7.67. The molecule has 1 fully saturated rings. The molecule has 1 unspecified atom stereocenters. The summed E-state index contributed by atoms with van der Waals surface area (Å²) in [5, 5.41) is 0. The van der Waals surface area contributed by atoms with Gasteiger partial charge in [-0.15, -0.1) is 0 Å². The molecule has 1 aliphatic rings. The molecule has 0 aliphatic carbocycles. The molecule has 1 heterocycles. The summed E-state index contributed by atoms with van der Waals surface area (Å²) in [7, 11) is 0. The van der Waals surface area contributed by atoms with Crippen molar-refractivity contribution in [3.63, 3.8) is 0 Å². The number of rotatable bonds is 2. The second-order valence-corrected chi connectivity index (χ2v) is 3.78. The standard InChI is InChI=1S/C6H11O2.C2H6.Tl/c1-5-2-3-6(4-7)8-5;1-2;/h5-6H,2-4H2,1H3;1-2H3;/q-1;;+1/t5?,6-;;/m1../s1. The van der Waals surface area contributed by atoms with Gasteiger partial charge >= 0.3 is 72.2 Å². The Morgan fingerprint density at radius 3 is 2.45 bits per heavy atom. The summed E-state index contributed by atoms with van der Waals surface area (Å²) >= 11 is 0.662. The second kappa shape index (κ2) is 7.49. The van der Waals surface area contributed by atoms with E-state index in [-0.39, 0.29) is 0 Å². The summed E-state index contributed by atoms with van der Waals surface area (Å²) in [6.45, 7) is 6.95. The number of ether oxygens (including phenoxy) is 1. The first kappa shape index (κ1) is 11.8. The third-order valence-electron chi connectivity index (χ3n) is 1.60. The van der Waals surface area contributed by atoms with E-state index < -0.39 is 0 Å². The Kier molecular flexibility index (Phi) is 8.06. The number of hydrogen-bond donors (Lipinski definition) is 0. The van der Waals surface area contributed by atoms with E-state index in [1.54, 1.807) is 0 Å². The average Bonchev–Trinajstić information content (AvgIpc) is 2.41. The van der Waals surface area contributed by atoms with E-state index in [4.69, 9.17) is 7.42 Å². The van der Waals surface area contributed by atoms with Crippen molar-refractivity contribution in [3.05, 3.63) is 0 Å². The van der Waals surface area contributed by atoms with Gasteiger partial charge in [0.1, 0.15) is 0 Å². The molecule has 0 spiro atoms. The maximum atomic E-state index is 5.50. The van der Waals surface area contributed by atoms with Crippen molar-refractivity contribution in [3.8, 4) is 0 Å². The van der Waals surface area contributed by atoms with Gasteiger partial charge < -0.3 is 0 Å². The van der Waals surface area contributed by atoms with Gasteiger partial charge in [0.2, 0.25) is 0 Å². The van der Waals surface area contributed by atoms with Crippen LogP contribution in [-0.4, -0.2) is 45.0 Å². The third-order valence-corrected chi connectivity index (χ3v) is 2.35. The van der Waals surface area contributed by atoms with Gasteiger partial charge in [0.25, 0.3) is 0 Å². The van der Waals surface area contributed by atoms with Gasteiger partial charge in [-0.1, -0.05) is 13.8 Å². The minimum atomic E-state index is 0.407. The quantitative estimate of drug-likeness (QED) is 0.706. The summed E-state index contributed by atoms with van der Waals surface area (Å²) in [5.74, 6) is 0. The molecule has 0 N–H and O–H groups in total. The van der Waals surface area contributed by atoms with Gasteiger partial charge in [-0.2, -0.15) is 0 Å². The van der Waals surface area contributed by atoms with Gasteiger partial charge in [0.15, 0.2) is 0 Å². The first-order valence-corrected chi connectivity index (χ1v) is 6.13. The maximum absolute atomic E-state index is 5.50. The van der Waals surface area contributed by atoms with Gasteiger partial charge in [-0.05, 0) is 0 Å². The fourth-order valence-electron chi connectivity index (χ4n) is 1.12. The summed E-state index contributed by atoms with van der Waals surface area (Å²) < 4.78 is 10.6. The molecule has 64 valence electrons. The molecule has 0 aromatic heterocycles. The van der Waals surface area contributed by atoms with Crippen molar-refractivity contribution in [2.75, 3.05) is 6.61 Å². The Morgan fingerprint density at radius 2 is 2.09 bits per heavy atom. The van der Waals surface area contributed by atoms with Crippen molar-refractivity contribution in [1.29, 1.82) is 0 Å². The Balaban J connectivity index is 0.000000461. The molecule has 0 radical (unpaired) electrons. The minimum absolute atomic E-state index is 0.407. The number of hydrogen-bond acceptors (Lipinski definition) is 2. The van der Waals surface area contributed by atoms with Crippen LogP contribution < -0.4 is 0 Å². The average molecular weight is 350 g/mol. The molecule has 0 saturated carbocycles. The van der Waals surface area contributed by atoms with E-state index in [0.717, 1.165) is 6.61 Å². The van der Waals surface area contributed by atoms with Crippen molar-refractivity contribution in [2.45, 2.75) is 45.8 Å². The molecule has 11 heavy (non-hydrogen) atoms. The normalized spacial score (nSPS) is 29.3. The summed E-state index contributed by atoms with van der Waals surface area (Å²) in [5.41, 5.74) is 0. The molecular formula is C8H17O2Tl. The first-order valence-electron chi connectivity index (χ1n) is 4.30. The van der Waals surface area contributed by atoms with Crippen molar-refractivity contribution >= 4 is 26.2 Å². The molecule has 1 aliphatic heterocycles. The Hall–Kier alpha value is 0.842. The van der Waals surface area contributed by atoms with Crippen molar-refractivity contribution < 1.29 is 7.42 Å². The van der Waals surface area contributed by atoms with Gasteiger partial charge in [-0.3, -0.25) is 0 Å². The van der Waals surface area contributed by atoms with Crippen LogP contribution in [0.15, 0.2) is 0 Å². The Morgan fingerprint density at radius 1 is 1.45 bits per heavy atom. The van der Waals surface area contributed by atoms with Crippen LogP contribution in [0.4, 0.5) is 0 Å². The molecule has 0 amide bonds. The molecule has 0 bridgehead atoms. The van der Waals surface area contributed by atoms with E-state index in [1.807, 2.05) is 13.8 Å². The van der Waals surface area contributed by atoms with Crippen LogP contribution in [0.3, 0.4) is 0 Å². The molecular weight excluding hydrogens is 332 g/mol. The van der Waals surface area contributed by atoms with Crippen LogP contribution in [0.25, 0.3) is 0 Å². The van der Waals surface area contributed by atoms with Crippen molar-refractivity contribution in [2.24, 2.45) is 0 Å². The zero-order chi connectivity index (χ0) is 8.69.